The van der Waals surface area contributed by atoms with E-state index in [1.165, 1.54) is 0 Å². The second-order valence-corrected chi connectivity index (χ2v) is 14.4. The molecule has 0 saturated carbocycles. The lowest BCUT2D eigenvalue weighted by Gasteiger charge is -2.52. The number of likely N-dealkylation sites (tertiary alicyclic amines) is 1. The van der Waals surface area contributed by atoms with Crippen LogP contribution in [0.1, 0.15) is 70.5 Å². The van der Waals surface area contributed by atoms with E-state index in [-0.39, 0.29) is 36.3 Å². The van der Waals surface area contributed by atoms with Crippen molar-refractivity contribution in [2.24, 2.45) is 11.3 Å². The first-order chi connectivity index (χ1) is 17.2. The van der Waals surface area contributed by atoms with E-state index in [1.54, 1.807) is 43.9 Å². The monoisotopic (exact) mass is 567 g/mol. The van der Waals surface area contributed by atoms with E-state index < -0.39 is 38.6 Å². The van der Waals surface area contributed by atoms with E-state index in [2.05, 4.69) is 0 Å². The summed E-state index contributed by atoms with van der Waals surface area (Å²) in [6.45, 7) is 8.71. The number of halogens is 2. The van der Waals surface area contributed by atoms with Crippen LogP contribution in [0.5, 0.6) is 0 Å². The summed E-state index contributed by atoms with van der Waals surface area (Å²) in [5, 5.41) is 10.2. The van der Waals surface area contributed by atoms with Gasteiger partial charge in [-0.05, 0) is 61.6 Å². The zero-order chi connectivity index (χ0) is 27.7. The first kappa shape index (κ1) is 29.5. The van der Waals surface area contributed by atoms with Crippen LogP contribution in [0.3, 0.4) is 0 Å². The molecule has 9 heteroatoms. The number of carbonyl (C=O) groups is 2. The molecule has 1 amide bonds. The molecule has 1 unspecified atom stereocenters. The molecule has 2 aromatic rings. The Morgan fingerprint density at radius 3 is 2.19 bits per heavy atom. The van der Waals surface area contributed by atoms with Crippen molar-refractivity contribution in [2.75, 3.05) is 5.75 Å². The topological polar surface area (TPSA) is 91.8 Å². The molecule has 37 heavy (non-hydrogen) atoms. The van der Waals surface area contributed by atoms with Gasteiger partial charge in [0.25, 0.3) is 0 Å². The van der Waals surface area contributed by atoms with Gasteiger partial charge in [0.1, 0.15) is 0 Å². The Labute approximate surface area is 229 Å². The molecule has 6 nitrogen and oxygen atoms in total. The molecule has 0 aliphatic carbocycles. The second kappa shape index (κ2) is 11.3. The summed E-state index contributed by atoms with van der Waals surface area (Å²) in [6, 6.07) is 13.3. The minimum absolute atomic E-state index is 0.209. The molecule has 0 spiro atoms. The van der Waals surface area contributed by atoms with E-state index in [9.17, 15) is 23.1 Å². The van der Waals surface area contributed by atoms with Crippen LogP contribution in [0.4, 0.5) is 0 Å². The fraction of sp³-hybridized carbons (Fsp3) is 0.500. The molecule has 1 N–H and O–H groups in total. The van der Waals surface area contributed by atoms with Crippen molar-refractivity contribution in [2.45, 2.75) is 70.7 Å². The van der Waals surface area contributed by atoms with Crippen molar-refractivity contribution in [3.63, 3.8) is 0 Å². The van der Waals surface area contributed by atoms with Crippen LogP contribution in [0, 0.1) is 11.3 Å². The zero-order valence-corrected chi connectivity index (χ0v) is 24.1. The fourth-order valence-corrected chi connectivity index (χ4v) is 7.00. The highest BCUT2D eigenvalue weighted by atomic mass is 35.5. The average molecular weight is 569 g/mol. The third-order valence-electron chi connectivity index (χ3n) is 7.38. The van der Waals surface area contributed by atoms with Crippen LogP contribution in [0.25, 0.3) is 0 Å². The van der Waals surface area contributed by atoms with Crippen LogP contribution in [-0.2, 0) is 19.4 Å². The van der Waals surface area contributed by atoms with Gasteiger partial charge in [-0.25, -0.2) is 8.42 Å². The lowest BCUT2D eigenvalue weighted by Crippen LogP contribution is -2.59. The molecular formula is C28H35Cl2NO5S. The fourth-order valence-electron chi connectivity index (χ4n) is 5.27. The number of carboxylic acids is 1. The molecule has 0 aromatic heterocycles. The summed E-state index contributed by atoms with van der Waals surface area (Å²) in [4.78, 5) is 27.9. The molecule has 3 rings (SSSR count). The van der Waals surface area contributed by atoms with Gasteiger partial charge in [0.2, 0.25) is 5.91 Å². The number of rotatable bonds is 9. The maximum absolute atomic E-state index is 14.3. The number of aliphatic carboxylic acids is 1. The molecule has 1 aliphatic rings. The van der Waals surface area contributed by atoms with Crippen LogP contribution in [0.2, 0.25) is 10.0 Å². The second-order valence-electron chi connectivity index (χ2n) is 10.9. The number of piperidine rings is 1. The van der Waals surface area contributed by atoms with Gasteiger partial charge in [0.05, 0.1) is 28.9 Å². The molecular weight excluding hydrogens is 533 g/mol. The lowest BCUT2D eigenvalue weighted by atomic mass is 9.66. The number of benzene rings is 2. The lowest BCUT2D eigenvalue weighted by molar-refractivity contribution is -0.161. The first-order valence-corrected chi connectivity index (χ1v) is 14.9. The van der Waals surface area contributed by atoms with Crippen LogP contribution >= 0.6 is 23.2 Å². The highest BCUT2D eigenvalue weighted by Gasteiger charge is 2.53. The van der Waals surface area contributed by atoms with Crippen LogP contribution in [0.15, 0.2) is 48.5 Å². The third kappa shape index (κ3) is 6.50. The molecule has 1 aliphatic heterocycles. The van der Waals surface area contributed by atoms with Crippen molar-refractivity contribution in [3.8, 4) is 0 Å². The summed E-state index contributed by atoms with van der Waals surface area (Å²) in [7, 11) is -3.53. The van der Waals surface area contributed by atoms with Crippen molar-refractivity contribution < 1.29 is 23.1 Å². The Kier molecular flexibility index (Phi) is 9.03. The summed E-state index contributed by atoms with van der Waals surface area (Å²) < 4.78 is 26.3. The molecule has 1 fully saturated rings. The number of hydrogen-bond acceptors (Lipinski definition) is 4. The highest BCUT2D eigenvalue weighted by molar-refractivity contribution is 7.92. The Bertz CT molecular complexity index is 1250. The molecule has 4 atom stereocenters. The molecule has 2 aromatic carbocycles. The minimum atomic E-state index is -3.53. The number of carboxylic acid groups (broad SMARTS) is 1. The number of carbonyl (C=O) groups excluding carboxylic acids is 1. The van der Waals surface area contributed by atoms with Gasteiger partial charge in [0.15, 0.2) is 9.84 Å². The molecule has 0 bridgehead atoms. The molecule has 1 saturated heterocycles. The van der Waals surface area contributed by atoms with Gasteiger partial charge in [-0.1, -0.05) is 68.2 Å². The number of nitrogens with zero attached hydrogens (tertiary/aromatic N) is 1. The van der Waals surface area contributed by atoms with E-state index in [0.717, 1.165) is 11.1 Å². The number of sulfone groups is 1. The van der Waals surface area contributed by atoms with Crippen LogP contribution in [-0.4, -0.2) is 47.3 Å². The van der Waals surface area contributed by atoms with E-state index >= 15 is 0 Å². The SMILES string of the molecule is CC(C)[C@@H](CS(=O)(=O)C(C)C)N1C(=O)[C@@](C)(CC(=O)O)C[C@H](c2cccc(Cl)c2)C1c1ccc(Cl)cc1. The maximum Gasteiger partial charge on any atom is 0.304 e. The minimum Gasteiger partial charge on any atom is -0.481 e. The predicted molar refractivity (Wildman–Crippen MR) is 148 cm³/mol. The van der Waals surface area contributed by atoms with Crippen molar-refractivity contribution >= 4 is 44.9 Å². The third-order valence-corrected chi connectivity index (χ3v) is 10.1. The van der Waals surface area contributed by atoms with Gasteiger partial charge < -0.3 is 10.0 Å². The van der Waals surface area contributed by atoms with E-state index in [1.807, 2.05) is 44.2 Å². The normalized spacial score (nSPS) is 23.5. The van der Waals surface area contributed by atoms with Gasteiger partial charge >= 0.3 is 5.97 Å². The van der Waals surface area contributed by atoms with Crippen molar-refractivity contribution in [3.05, 3.63) is 69.7 Å². The summed E-state index contributed by atoms with van der Waals surface area (Å²) in [6.07, 6.45) is -0.0987. The molecule has 0 radical (unpaired) electrons. The average Bonchev–Trinajstić information content (AvgIpc) is 2.79. The molecule has 1 heterocycles. The zero-order valence-electron chi connectivity index (χ0n) is 21.8. The van der Waals surface area contributed by atoms with Crippen molar-refractivity contribution in [1.82, 2.24) is 4.90 Å². The highest BCUT2D eigenvalue weighted by Crippen LogP contribution is 2.52. The smallest absolute Gasteiger partial charge is 0.304 e. The van der Waals surface area contributed by atoms with E-state index in [0.29, 0.717) is 10.0 Å². The maximum atomic E-state index is 14.3. The van der Waals surface area contributed by atoms with Gasteiger partial charge in [-0.2, -0.15) is 0 Å². The molecule has 202 valence electrons. The summed E-state index contributed by atoms with van der Waals surface area (Å²) in [5.41, 5.74) is 0.416. The Balaban J connectivity index is 2.30. The van der Waals surface area contributed by atoms with Gasteiger partial charge in [0, 0.05) is 22.0 Å². The van der Waals surface area contributed by atoms with Crippen molar-refractivity contribution in [1.29, 1.82) is 0 Å². The Morgan fingerprint density at radius 2 is 1.68 bits per heavy atom. The summed E-state index contributed by atoms with van der Waals surface area (Å²) >= 11 is 12.5. The number of amides is 1. The van der Waals surface area contributed by atoms with Gasteiger partial charge in [-0.3, -0.25) is 9.59 Å². The predicted octanol–water partition coefficient (Wildman–Crippen LogP) is 6.38. The van der Waals surface area contributed by atoms with Gasteiger partial charge in [-0.15, -0.1) is 0 Å². The Hall–Kier alpha value is -2.09. The summed E-state index contributed by atoms with van der Waals surface area (Å²) in [5.74, 6) is -2.19. The largest absolute Gasteiger partial charge is 0.481 e. The standard InChI is InChI=1S/C28H35Cl2NO5S/c1-17(2)24(16-37(35,36)18(3)4)31-26(19-9-11-21(29)12-10-19)23(20-7-6-8-22(30)13-20)14-28(5,27(31)34)15-25(32)33/h6-13,17-18,23-24,26H,14-16H2,1-5H3,(H,32,33)/t23-,24-,26?,28-/m1/s1. The van der Waals surface area contributed by atoms with Crippen LogP contribution < -0.4 is 0 Å². The van der Waals surface area contributed by atoms with E-state index in [4.69, 9.17) is 23.2 Å². The quantitative estimate of drug-likeness (QED) is 0.379. The first-order valence-electron chi connectivity index (χ1n) is 12.4. The number of hydrogen-bond donors (Lipinski definition) is 1. The Morgan fingerprint density at radius 1 is 1.05 bits per heavy atom.